The number of nitrogens with zero attached hydrogens (tertiary/aromatic N) is 3. The zero-order valence-corrected chi connectivity index (χ0v) is 19.3. The Balaban J connectivity index is 1.75. The van der Waals surface area contributed by atoms with E-state index >= 15 is 0 Å². The average molecular weight is 446 g/mol. The van der Waals surface area contributed by atoms with E-state index in [4.69, 9.17) is 8.92 Å². The van der Waals surface area contributed by atoms with Gasteiger partial charge < -0.3 is 9.64 Å². The van der Waals surface area contributed by atoms with Crippen molar-refractivity contribution in [3.05, 3.63) is 0 Å². The van der Waals surface area contributed by atoms with Crippen molar-refractivity contribution in [3.63, 3.8) is 0 Å². The van der Waals surface area contributed by atoms with Gasteiger partial charge in [-0.15, -0.1) is 0 Å². The number of hydrogen-bond donors (Lipinski definition) is 0. The van der Waals surface area contributed by atoms with Gasteiger partial charge in [0.1, 0.15) is 17.7 Å². The lowest BCUT2D eigenvalue weighted by Crippen LogP contribution is -2.54. The molecule has 0 N–H and O–H groups in total. The monoisotopic (exact) mass is 445 g/mol. The standard InChI is InChI=1S/C20H35N3O6S/c1-20(2,3)28-19(25)23-12-9-16(29-30(4,26)27)17(23)18(24)22-11-6-10-21(13-14-22)15-7-5-8-15/h15-17H,5-14H2,1-4H3. The lowest BCUT2D eigenvalue weighted by molar-refractivity contribution is -0.138. The molecule has 2 atom stereocenters. The molecule has 1 aliphatic carbocycles. The molecular weight excluding hydrogens is 410 g/mol. The van der Waals surface area contributed by atoms with Crippen LogP contribution in [0.1, 0.15) is 52.9 Å². The molecule has 0 spiro atoms. The third kappa shape index (κ3) is 5.85. The highest BCUT2D eigenvalue weighted by Gasteiger charge is 2.47. The minimum atomic E-state index is -3.77. The van der Waals surface area contributed by atoms with Gasteiger partial charge in [0.05, 0.1) is 6.26 Å². The van der Waals surface area contributed by atoms with Crippen molar-refractivity contribution in [2.75, 3.05) is 39.0 Å². The third-order valence-electron chi connectivity index (χ3n) is 5.96. The van der Waals surface area contributed by atoms with Crippen molar-refractivity contribution in [2.24, 2.45) is 0 Å². The van der Waals surface area contributed by atoms with Crippen LogP contribution in [0.25, 0.3) is 0 Å². The van der Waals surface area contributed by atoms with Crippen molar-refractivity contribution in [1.82, 2.24) is 14.7 Å². The molecule has 1 saturated carbocycles. The van der Waals surface area contributed by atoms with Crippen LogP contribution in [0, 0.1) is 0 Å². The van der Waals surface area contributed by atoms with E-state index in [2.05, 4.69) is 4.90 Å². The molecule has 2 amide bonds. The van der Waals surface area contributed by atoms with Crippen molar-refractivity contribution < 1.29 is 26.9 Å². The summed E-state index contributed by atoms with van der Waals surface area (Å²) in [6.45, 7) is 8.40. The summed E-state index contributed by atoms with van der Waals surface area (Å²) < 4.78 is 34.2. The van der Waals surface area contributed by atoms with Crippen LogP contribution in [0.4, 0.5) is 4.79 Å². The van der Waals surface area contributed by atoms with Crippen LogP contribution in [0.5, 0.6) is 0 Å². The highest BCUT2D eigenvalue weighted by molar-refractivity contribution is 7.86. The SMILES string of the molecule is CC(C)(C)OC(=O)N1CCC(OS(C)(=O)=O)C1C(=O)N1CCCN(C2CCC2)CC1. The Kier molecular flexibility index (Phi) is 6.98. The van der Waals surface area contributed by atoms with Gasteiger partial charge in [-0.2, -0.15) is 8.42 Å². The molecule has 9 nitrogen and oxygen atoms in total. The Bertz CT molecular complexity index is 746. The molecule has 0 aromatic carbocycles. The molecule has 0 aromatic heterocycles. The van der Waals surface area contributed by atoms with Crippen LogP contribution < -0.4 is 0 Å². The third-order valence-corrected chi connectivity index (χ3v) is 6.55. The smallest absolute Gasteiger partial charge is 0.411 e. The summed E-state index contributed by atoms with van der Waals surface area (Å²) in [5, 5.41) is 0. The van der Waals surface area contributed by atoms with Crippen molar-refractivity contribution in [2.45, 2.75) is 76.7 Å². The highest BCUT2D eigenvalue weighted by atomic mass is 32.2. The van der Waals surface area contributed by atoms with E-state index in [0.717, 1.165) is 25.8 Å². The Morgan fingerprint density at radius 1 is 0.933 bits per heavy atom. The first-order valence-electron chi connectivity index (χ1n) is 10.9. The normalized spacial score (nSPS) is 26.9. The molecule has 2 heterocycles. The summed E-state index contributed by atoms with van der Waals surface area (Å²) >= 11 is 0. The Labute approximate surface area is 179 Å². The summed E-state index contributed by atoms with van der Waals surface area (Å²) in [5.74, 6) is -0.262. The average Bonchev–Trinajstić information content (AvgIpc) is 2.79. The predicted molar refractivity (Wildman–Crippen MR) is 111 cm³/mol. The molecule has 2 saturated heterocycles. The zero-order valence-electron chi connectivity index (χ0n) is 18.5. The first-order valence-corrected chi connectivity index (χ1v) is 12.7. The number of rotatable bonds is 4. The van der Waals surface area contributed by atoms with Crippen LogP contribution in [0.2, 0.25) is 0 Å². The first kappa shape index (κ1) is 23.3. The minimum Gasteiger partial charge on any atom is -0.444 e. The maximum Gasteiger partial charge on any atom is 0.411 e. The molecule has 0 radical (unpaired) electrons. The molecule has 3 fully saturated rings. The van der Waals surface area contributed by atoms with Gasteiger partial charge in [-0.05, 0) is 46.5 Å². The molecule has 0 bridgehead atoms. The number of amides is 2. The van der Waals surface area contributed by atoms with Gasteiger partial charge in [0.15, 0.2) is 0 Å². The van der Waals surface area contributed by atoms with E-state index in [1.165, 1.54) is 24.2 Å². The minimum absolute atomic E-state index is 0.216. The number of hydrogen-bond acceptors (Lipinski definition) is 7. The zero-order chi connectivity index (χ0) is 22.1. The molecule has 10 heteroatoms. The Morgan fingerprint density at radius 3 is 2.20 bits per heavy atom. The Morgan fingerprint density at radius 2 is 1.63 bits per heavy atom. The number of likely N-dealkylation sites (tertiary alicyclic amines) is 1. The molecule has 2 unspecified atom stereocenters. The Hall–Kier alpha value is -1.39. The maximum atomic E-state index is 13.5. The second-order valence-corrected chi connectivity index (χ2v) is 11.1. The van der Waals surface area contributed by atoms with Gasteiger partial charge >= 0.3 is 6.09 Å². The van der Waals surface area contributed by atoms with Crippen molar-refractivity contribution >= 4 is 22.1 Å². The maximum absolute atomic E-state index is 13.5. The molecule has 3 rings (SSSR count). The number of carbonyl (C=O) groups excluding carboxylic acids is 2. The van der Waals surface area contributed by atoms with Crippen LogP contribution >= 0.6 is 0 Å². The van der Waals surface area contributed by atoms with Crippen LogP contribution in [0.15, 0.2) is 0 Å². The van der Waals surface area contributed by atoms with Crippen LogP contribution in [-0.2, 0) is 23.8 Å². The topological polar surface area (TPSA) is 96.5 Å². The van der Waals surface area contributed by atoms with E-state index in [-0.39, 0.29) is 18.9 Å². The fraction of sp³-hybridized carbons (Fsp3) is 0.900. The number of carbonyl (C=O) groups is 2. The molecular formula is C20H35N3O6S. The predicted octanol–water partition coefficient (Wildman–Crippen LogP) is 1.43. The lowest BCUT2D eigenvalue weighted by Gasteiger charge is -2.37. The van der Waals surface area contributed by atoms with E-state index in [1.807, 2.05) is 0 Å². The van der Waals surface area contributed by atoms with E-state index in [9.17, 15) is 18.0 Å². The van der Waals surface area contributed by atoms with Crippen molar-refractivity contribution in [3.8, 4) is 0 Å². The second kappa shape index (κ2) is 9.00. The van der Waals surface area contributed by atoms with E-state index < -0.39 is 34.0 Å². The highest BCUT2D eigenvalue weighted by Crippen LogP contribution is 2.28. The quantitative estimate of drug-likeness (QED) is 0.604. The fourth-order valence-electron chi connectivity index (χ4n) is 4.37. The fourth-order valence-corrected chi connectivity index (χ4v) is 5.02. The summed E-state index contributed by atoms with van der Waals surface area (Å²) in [4.78, 5) is 31.8. The molecule has 2 aliphatic heterocycles. The first-order chi connectivity index (χ1) is 13.9. The molecule has 3 aliphatic rings. The van der Waals surface area contributed by atoms with Crippen LogP contribution in [-0.4, -0.2) is 97.9 Å². The van der Waals surface area contributed by atoms with Gasteiger partial charge in [0, 0.05) is 38.8 Å². The largest absolute Gasteiger partial charge is 0.444 e. The van der Waals surface area contributed by atoms with Gasteiger partial charge in [-0.3, -0.25) is 18.8 Å². The second-order valence-electron chi connectivity index (χ2n) is 9.55. The number of ether oxygens (including phenoxy) is 1. The summed E-state index contributed by atoms with van der Waals surface area (Å²) in [6.07, 6.45) is 4.27. The van der Waals surface area contributed by atoms with Crippen molar-refractivity contribution in [1.29, 1.82) is 0 Å². The summed E-state index contributed by atoms with van der Waals surface area (Å²) in [5.41, 5.74) is -0.716. The van der Waals surface area contributed by atoms with E-state index in [0.29, 0.717) is 19.1 Å². The molecule has 0 aromatic rings. The summed E-state index contributed by atoms with van der Waals surface area (Å²) in [7, 11) is -3.77. The van der Waals surface area contributed by atoms with Gasteiger partial charge in [0.25, 0.3) is 10.1 Å². The molecule has 172 valence electrons. The lowest BCUT2D eigenvalue weighted by atomic mass is 9.91. The van der Waals surface area contributed by atoms with Gasteiger partial charge in [-0.25, -0.2) is 4.79 Å². The van der Waals surface area contributed by atoms with Gasteiger partial charge in [-0.1, -0.05) is 6.42 Å². The molecule has 30 heavy (non-hydrogen) atoms. The van der Waals surface area contributed by atoms with Gasteiger partial charge in [0.2, 0.25) is 5.91 Å². The van der Waals surface area contributed by atoms with E-state index in [1.54, 1.807) is 25.7 Å². The van der Waals surface area contributed by atoms with Crippen LogP contribution in [0.3, 0.4) is 0 Å². The summed E-state index contributed by atoms with van der Waals surface area (Å²) in [6, 6.07) is -0.379.